The van der Waals surface area contributed by atoms with Gasteiger partial charge in [0.05, 0.1) is 5.69 Å². The van der Waals surface area contributed by atoms with Crippen molar-refractivity contribution < 1.29 is 12.8 Å². The van der Waals surface area contributed by atoms with Crippen molar-refractivity contribution in [3.05, 3.63) is 59.9 Å². The predicted molar refractivity (Wildman–Crippen MR) is 80.6 cm³/mol. The number of hydrogen-bond donors (Lipinski definition) is 1. The van der Waals surface area contributed by atoms with E-state index in [1.54, 1.807) is 6.92 Å². The Morgan fingerprint density at radius 2 is 1.76 bits per heavy atom. The summed E-state index contributed by atoms with van der Waals surface area (Å²) in [6.45, 7) is 1.77. The summed E-state index contributed by atoms with van der Waals surface area (Å²) < 4.78 is 39.7. The van der Waals surface area contributed by atoms with Crippen LogP contribution in [0.2, 0.25) is 0 Å². The summed E-state index contributed by atoms with van der Waals surface area (Å²) >= 11 is 0. The summed E-state index contributed by atoms with van der Waals surface area (Å²) in [5.74, 6) is -0.636. The zero-order chi connectivity index (χ0) is 15.6. The maximum absolute atomic E-state index is 13.3. The van der Waals surface area contributed by atoms with Gasteiger partial charge in [-0.15, -0.1) is 0 Å². The monoisotopic (exact) mass is 308 g/mol. The summed E-state index contributed by atoms with van der Waals surface area (Å²) in [7, 11) is -2.42. The molecule has 2 aromatic carbocycles. The maximum atomic E-state index is 13.3. The largest absolute Gasteiger partial charge is 0.398 e. The van der Waals surface area contributed by atoms with Crippen molar-refractivity contribution in [1.82, 2.24) is 4.31 Å². The lowest BCUT2D eigenvalue weighted by Crippen LogP contribution is -2.30. The molecule has 6 heteroatoms. The van der Waals surface area contributed by atoms with Crippen molar-refractivity contribution in [3.8, 4) is 0 Å². The first-order valence-electron chi connectivity index (χ1n) is 6.42. The van der Waals surface area contributed by atoms with Crippen molar-refractivity contribution in [3.63, 3.8) is 0 Å². The fourth-order valence-corrected chi connectivity index (χ4v) is 3.51. The van der Waals surface area contributed by atoms with Gasteiger partial charge in [0.2, 0.25) is 10.0 Å². The van der Waals surface area contributed by atoms with E-state index in [9.17, 15) is 12.8 Å². The molecule has 0 spiro atoms. The van der Waals surface area contributed by atoms with Gasteiger partial charge < -0.3 is 5.73 Å². The minimum Gasteiger partial charge on any atom is -0.398 e. The quantitative estimate of drug-likeness (QED) is 0.883. The highest BCUT2D eigenvalue weighted by atomic mass is 32.2. The molecule has 112 valence electrons. The number of hydrogen-bond acceptors (Lipinski definition) is 3. The predicted octanol–water partition coefficient (Wildman–Crippen LogP) is 2.79. The van der Waals surface area contributed by atoms with Crippen LogP contribution in [-0.2, 0) is 10.0 Å². The minimum absolute atomic E-state index is 0.0310. The zero-order valence-corrected chi connectivity index (χ0v) is 12.6. The average Bonchev–Trinajstić information content (AvgIpc) is 2.49. The van der Waals surface area contributed by atoms with Gasteiger partial charge in [0.1, 0.15) is 10.7 Å². The number of halogens is 1. The molecule has 2 aromatic rings. The van der Waals surface area contributed by atoms with Crippen LogP contribution in [0.3, 0.4) is 0 Å². The molecule has 0 heterocycles. The number of anilines is 1. The van der Waals surface area contributed by atoms with E-state index >= 15 is 0 Å². The third-order valence-electron chi connectivity index (χ3n) is 3.46. The molecule has 0 radical (unpaired) electrons. The Morgan fingerprint density at radius 1 is 1.14 bits per heavy atom. The van der Waals surface area contributed by atoms with Gasteiger partial charge in [-0.3, -0.25) is 0 Å². The molecule has 4 nitrogen and oxygen atoms in total. The van der Waals surface area contributed by atoms with Crippen molar-refractivity contribution in [2.24, 2.45) is 0 Å². The second-order valence-electron chi connectivity index (χ2n) is 4.79. The van der Waals surface area contributed by atoms with Gasteiger partial charge >= 0.3 is 0 Å². The summed E-state index contributed by atoms with van der Waals surface area (Å²) in [4.78, 5) is -0.215. The maximum Gasteiger partial charge on any atom is 0.245 e. The van der Waals surface area contributed by atoms with Crippen molar-refractivity contribution in [2.45, 2.75) is 17.9 Å². The van der Waals surface area contributed by atoms with E-state index in [1.807, 2.05) is 30.3 Å². The second-order valence-corrected chi connectivity index (χ2v) is 6.76. The minimum atomic E-state index is -3.87. The zero-order valence-electron chi connectivity index (χ0n) is 11.8. The first-order valence-corrected chi connectivity index (χ1v) is 7.86. The van der Waals surface area contributed by atoms with Crippen LogP contribution < -0.4 is 5.73 Å². The SMILES string of the molecule is CC(c1ccccc1)N(C)S(=O)(=O)c1cc(F)ccc1N. The normalized spacial score (nSPS) is 13.3. The average molecular weight is 308 g/mol. The lowest BCUT2D eigenvalue weighted by Gasteiger charge is -2.25. The Bertz CT molecular complexity index is 733. The Kier molecular flexibility index (Phi) is 4.29. The molecule has 1 atom stereocenters. The number of nitrogens with zero attached hydrogens (tertiary/aromatic N) is 1. The number of nitrogen functional groups attached to an aromatic ring is 1. The molecule has 0 aliphatic carbocycles. The van der Waals surface area contributed by atoms with Crippen LogP contribution in [0.1, 0.15) is 18.5 Å². The first kappa shape index (κ1) is 15.5. The molecule has 2 rings (SSSR count). The Hall–Kier alpha value is -1.92. The lowest BCUT2D eigenvalue weighted by molar-refractivity contribution is 0.398. The van der Waals surface area contributed by atoms with E-state index < -0.39 is 15.8 Å². The van der Waals surface area contributed by atoms with Crippen molar-refractivity contribution >= 4 is 15.7 Å². The van der Waals surface area contributed by atoms with Crippen LogP contribution in [-0.4, -0.2) is 19.8 Å². The third-order valence-corrected chi connectivity index (χ3v) is 5.44. The van der Waals surface area contributed by atoms with Crippen molar-refractivity contribution in [1.29, 1.82) is 0 Å². The fourth-order valence-electron chi connectivity index (χ4n) is 2.04. The summed E-state index contributed by atoms with van der Waals surface area (Å²) in [6, 6.07) is 12.1. The molecule has 2 N–H and O–H groups in total. The van der Waals surface area contributed by atoms with Gasteiger partial charge in [-0.05, 0) is 30.7 Å². The molecule has 0 aliphatic rings. The van der Waals surface area contributed by atoms with Gasteiger partial charge in [0.25, 0.3) is 0 Å². The van der Waals surface area contributed by atoms with E-state index in [-0.39, 0.29) is 16.6 Å². The summed E-state index contributed by atoms with van der Waals surface area (Å²) in [5.41, 5.74) is 6.56. The lowest BCUT2D eigenvalue weighted by atomic mass is 10.1. The van der Waals surface area contributed by atoms with E-state index in [0.29, 0.717) is 0 Å². The molecular formula is C15H17FN2O2S. The van der Waals surface area contributed by atoms with Crippen LogP contribution in [0.25, 0.3) is 0 Å². The smallest absolute Gasteiger partial charge is 0.245 e. The van der Waals surface area contributed by atoms with Gasteiger partial charge in [0.15, 0.2) is 0 Å². The van der Waals surface area contributed by atoms with Crippen LogP contribution in [0.5, 0.6) is 0 Å². The number of sulfonamides is 1. The molecule has 1 unspecified atom stereocenters. The Labute approximate surface area is 124 Å². The Morgan fingerprint density at radius 3 is 2.38 bits per heavy atom. The second kappa shape index (κ2) is 5.83. The van der Waals surface area contributed by atoms with E-state index in [2.05, 4.69) is 0 Å². The van der Waals surface area contributed by atoms with Crippen molar-refractivity contribution in [2.75, 3.05) is 12.8 Å². The number of benzene rings is 2. The highest BCUT2D eigenvalue weighted by Crippen LogP contribution is 2.28. The molecule has 0 fully saturated rings. The van der Waals surface area contributed by atoms with Gasteiger partial charge in [-0.25, -0.2) is 12.8 Å². The highest BCUT2D eigenvalue weighted by Gasteiger charge is 2.28. The molecule has 0 bridgehead atoms. The van der Waals surface area contributed by atoms with E-state index in [0.717, 1.165) is 17.7 Å². The van der Waals surface area contributed by atoms with Gasteiger partial charge in [0, 0.05) is 13.1 Å². The molecule has 0 saturated heterocycles. The molecule has 0 amide bonds. The van der Waals surface area contributed by atoms with Crippen LogP contribution in [0.15, 0.2) is 53.4 Å². The molecule has 0 saturated carbocycles. The van der Waals surface area contributed by atoms with Gasteiger partial charge in [-0.2, -0.15) is 4.31 Å². The third kappa shape index (κ3) is 3.06. The number of nitrogens with two attached hydrogens (primary N) is 1. The van der Waals surface area contributed by atoms with Gasteiger partial charge in [-0.1, -0.05) is 30.3 Å². The molecule has 0 aliphatic heterocycles. The molecular weight excluding hydrogens is 291 g/mol. The first-order chi connectivity index (χ1) is 9.84. The molecule has 0 aromatic heterocycles. The highest BCUT2D eigenvalue weighted by molar-refractivity contribution is 7.89. The standard InChI is InChI=1S/C15H17FN2O2S/c1-11(12-6-4-3-5-7-12)18(2)21(19,20)15-10-13(16)8-9-14(15)17/h3-11H,17H2,1-2H3. The number of rotatable bonds is 4. The van der Waals surface area contributed by atoms with Crippen LogP contribution >= 0.6 is 0 Å². The van der Waals surface area contributed by atoms with Crippen LogP contribution in [0.4, 0.5) is 10.1 Å². The summed E-state index contributed by atoms with van der Waals surface area (Å²) in [6.07, 6.45) is 0. The summed E-state index contributed by atoms with van der Waals surface area (Å²) in [5, 5.41) is 0. The van der Waals surface area contributed by atoms with E-state index in [1.165, 1.54) is 17.4 Å². The Balaban J connectivity index is 2.41. The van der Waals surface area contributed by atoms with E-state index in [4.69, 9.17) is 5.73 Å². The molecule has 21 heavy (non-hydrogen) atoms. The topological polar surface area (TPSA) is 63.4 Å². The fraction of sp³-hybridized carbons (Fsp3) is 0.200. The van der Waals surface area contributed by atoms with Crippen LogP contribution in [0, 0.1) is 5.82 Å².